The molecular formula is C11H20N2O. The largest absolute Gasteiger partial charge is 0.338 e. The maximum Gasteiger partial charge on any atom is 0.228 e. The van der Waals surface area contributed by atoms with E-state index in [9.17, 15) is 4.79 Å². The van der Waals surface area contributed by atoms with Gasteiger partial charge < -0.3 is 10.6 Å². The average molecular weight is 196 g/mol. The zero-order chi connectivity index (χ0) is 10.3. The number of carbonyl (C=O) groups is 1. The summed E-state index contributed by atoms with van der Waals surface area (Å²) in [7, 11) is 0. The van der Waals surface area contributed by atoms with Crippen molar-refractivity contribution in [3.63, 3.8) is 0 Å². The molecule has 1 saturated heterocycles. The molecule has 1 heterocycles. The van der Waals surface area contributed by atoms with Gasteiger partial charge in [0.15, 0.2) is 0 Å². The van der Waals surface area contributed by atoms with Crippen molar-refractivity contribution in [1.82, 2.24) is 4.90 Å². The summed E-state index contributed by atoms with van der Waals surface area (Å²) < 4.78 is 0. The molecule has 1 aliphatic carbocycles. The Kier molecular flexibility index (Phi) is 2.30. The fourth-order valence-corrected chi connectivity index (χ4v) is 2.37. The van der Waals surface area contributed by atoms with Crippen LogP contribution in [0.4, 0.5) is 0 Å². The quantitative estimate of drug-likeness (QED) is 0.715. The van der Waals surface area contributed by atoms with Crippen LogP contribution in [0.1, 0.15) is 33.1 Å². The highest BCUT2D eigenvalue weighted by Crippen LogP contribution is 2.47. The smallest absolute Gasteiger partial charge is 0.228 e. The lowest BCUT2D eigenvalue weighted by molar-refractivity contribution is -0.137. The van der Waals surface area contributed by atoms with Gasteiger partial charge in [-0.05, 0) is 25.2 Å². The van der Waals surface area contributed by atoms with Crippen LogP contribution in [0.2, 0.25) is 0 Å². The van der Waals surface area contributed by atoms with Crippen LogP contribution in [0.5, 0.6) is 0 Å². The normalized spacial score (nSPS) is 34.6. The van der Waals surface area contributed by atoms with E-state index >= 15 is 0 Å². The molecule has 1 amide bonds. The molecule has 3 nitrogen and oxygen atoms in total. The van der Waals surface area contributed by atoms with Gasteiger partial charge in [0, 0.05) is 24.5 Å². The molecular weight excluding hydrogens is 176 g/mol. The number of hydrogen-bond acceptors (Lipinski definition) is 2. The minimum atomic E-state index is -0.0303. The van der Waals surface area contributed by atoms with E-state index in [2.05, 4.69) is 13.8 Å². The van der Waals surface area contributed by atoms with Gasteiger partial charge in [-0.25, -0.2) is 0 Å². The predicted octanol–water partition coefficient (Wildman–Crippen LogP) is 0.982. The molecule has 0 radical (unpaired) electrons. The van der Waals surface area contributed by atoms with Crippen molar-refractivity contribution in [3.8, 4) is 0 Å². The number of nitrogens with zero attached hydrogens (tertiary/aromatic N) is 1. The van der Waals surface area contributed by atoms with E-state index in [0.717, 1.165) is 25.8 Å². The standard InChI is InChI=1S/C11H20N2O/c1-8-3-6-13(9(8)7-12)10(14)11(2)4-5-11/h8-9H,3-7,12H2,1-2H3. The molecule has 1 saturated carbocycles. The molecule has 2 atom stereocenters. The maximum atomic E-state index is 12.1. The molecule has 14 heavy (non-hydrogen) atoms. The van der Waals surface area contributed by atoms with E-state index in [1.54, 1.807) is 0 Å². The predicted molar refractivity (Wildman–Crippen MR) is 55.7 cm³/mol. The summed E-state index contributed by atoms with van der Waals surface area (Å²) in [5, 5.41) is 0. The van der Waals surface area contributed by atoms with Gasteiger partial charge in [-0.15, -0.1) is 0 Å². The molecule has 2 N–H and O–H groups in total. The highest BCUT2D eigenvalue weighted by Gasteiger charge is 2.49. The minimum Gasteiger partial charge on any atom is -0.338 e. The molecule has 2 rings (SSSR count). The summed E-state index contributed by atoms with van der Waals surface area (Å²) in [6, 6.07) is 0.292. The molecule has 0 bridgehead atoms. The van der Waals surface area contributed by atoms with E-state index in [1.807, 2.05) is 4.90 Å². The zero-order valence-corrected chi connectivity index (χ0v) is 9.12. The first-order valence-corrected chi connectivity index (χ1v) is 5.59. The van der Waals surface area contributed by atoms with E-state index < -0.39 is 0 Å². The third-order valence-electron chi connectivity index (χ3n) is 3.90. The van der Waals surface area contributed by atoms with Crippen molar-refractivity contribution < 1.29 is 4.79 Å². The second-order valence-corrected chi connectivity index (χ2v) is 5.13. The van der Waals surface area contributed by atoms with Crippen LogP contribution in [-0.4, -0.2) is 29.9 Å². The van der Waals surface area contributed by atoms with Crippen LogP contribution in [0.25, 0.3) is 0 Å². The van der Waals surface area contributed by atoms with Gasteiger partial charge in [-0.1, -0.05) is 13.8 Å². The van der Waals surface area contributed by atoms with Crippen molar-refractivity contribution in [1.29, 1.82) is 0 Å². The summed E-state index contributed by atoms with van der Waals surface area (Å²) in [4.78, 5) is 14.1. The number of amides is 1. The van der Waals surface area contributed by atoms with Crippen molar-refractivity contribution in [3.05, 3.63) is 0 Å². The second-order valence-electron chi connectivity index (χ2n) is 5.13. The SMILES string of the molecule is CC1CCN(C(=O)C2(C)CC2)C1CN. The highest BCUT2D eigenvalue weighted by molar-refractivity contribution is 5.85. The van der Waals surface area contributed by atoms with Crippen molar-refractivity contribution in [2.45, 2.75) is 39.2 Å². The Morgan fingerprint density at radius 2 is 2.21 bits per heavy atom. The number of carbonyl (C=O) groups excluding carboxylic acids is 1. The fraction of sp³-hybridized carbons (Fsp3) is 0.909. The van der Waals surface area contributed by atoms with Crippen molar-refractivity contribution in [2.24, 2.45) is 17.1 Å². The first kappa shape index (κ1) is 9.97. The number of likely N-dealkylation sites (tertiary alicyclic amines) is 1. The fourth-order valence-electron chi connectivity index (χ4n) is 2.37. The van der Waals surface area contributed by atoms with Crippen LogP contribution < -0.4 is 5.73 Å². The van der Waals surface area contributed by atoms with Gasteiger partial charge in [0.1, 0.15) is 0 Å². The number of nitrogens with two attached hydrogens (primary N) is 1. The molecule has 2 fully saturated rings. The second kappa shape index (κ2) is 3.23. The molecule has 80 valence electrons. The maximum absolute atomic E-state index is 12.1. The van der Waals surface area contributed by atoms with Gasteiger partial charge >= 0.3 is 0 Å². The molecule has 0 aromatic heterocycles. The Balaban J connectivity index is 2.07. The van der Waals surface area contributed by atoms with Gasteiger partial charge in [-0.2, -0.15) is 0 Å². The van der Waals surface area contributed by atoms with Crippen LogP contribution in [0.15, 0.2) is 0 Å². The molecule has 0 aromatic carbocycles. The van der Waals surface area contributed by atoms with E-state index in [0.29, 0.717) is 24.4 Å². The lowest BCUT2D eigenvalue weighted by Crippen LogP contribution is -2.44. The van der Waals surface area contributed by atoms with Gasteiger partial charge in [0.05, 0.1) is 0 Å². The number of hydrogen-bond donors (Lipinski definition) is 1. The summed E-state index contributed by atoms with van der Waals surface area (Å²) in [5.74, 6) is 0.920. The Morgan fingerprint density at radius 1 is 1.57 bits per heavy atom. The van der Waals surface area contributed by atoms with Crippen molar-refractivity contribution >= 4 is 5.91 Å². The van der Waals surface area contributed by atoms with Gasteiger partial charge in [0.2, 0.25) is 5.91 Å². The Bertz CT molecular complexity index is 248. The average Bonchev–Trinajstić information content (AvgIpc) is 2.79. The Morgan fingerprint density at radius 3 is 2.71 bits per heavy atom. The van der Waals surface area contributed by atoms with Crippen LogP contribution in [-0.2, 0) is 4.79 Å². The molecule has 0 spiro atoms. The summed E-state index contributed by atoms with van der Waals surface area (Å²) in [6.45, 7) is 5.80. The molecule has 2 aliphatic rings. The van der Waals surface area contributed by atoms with Gasteiger partial charge in [-0.3, -0.25) is 4.79 Å². The molecule has 3 heteroatoms. The minimum absolute atomic E-state index is 0.0303. The molecule has 0 aromatic rings. The topological polar surface area (TPSA) is 46.3 Å². The van der Waals surface area contributed by atoms with Crippen molar-refractivity contribution in [2.75, 3.05) is 13.1 Å². The lowest BCUT2D eigenvalue weighted by Gasteiger charge is -2.28. The molecule has 1 aliphatic heterocycles. The van der Waals surface area contributed by atoms with E-state index in [-0.39, 0.29) is 5.41 Å². The Hall–Kier alpha value is -0.570. The van der Waals surface area contributed by atoms with E-state index in [1.165, 1.54) is 0 Å². The third kappa shape index (κ3) is 1.44. The first-order chi connectivity index (χ1) is 6.58. The van der Waals surface area contributed by atoms with Crippen LogP contribution in [0, 0.1) is 11.3 Å². The number of rotatable bonds is 2. The summed E-state index contributed by atoms with van der Waals surface area (Å²) in [5.41, 5.74) is 5.69. The van der Waals surface area contributed by atoms with Crippen LogP contribution in [0.3, 0.4) is 0 Å². The summed E-state index contributed by atoms with van der Waals surface area (Å²) >= 11 is 0. The highest BCUT2D eigenvalue weighted by atomic mass is 16.2. The Labute approximate surface area is 85.6 Å². The third-order valence-corrected chi connectivity index (χ3v) is 3.90. The summed E-state index contributed by atoms with van der Waals surface area (Å²) in [6.07, 6.45) is 3.24. The van der Waals surface area contributed by atoms with Gasteiger partial charge in [0.25, 0.3) is 0 Å². The molecule has 2 unspecified atom stereocenters. The lowest BCUT2D eigenvalue weighted by atomic mass is 10.0. The monoisotopic (exact) mass is 196 g/mol. The first-order valence-electron chi connectivity index (χ1n) is 5.59. The van der Waals surface area contributed by atoms with E-state index in [4.69, 9.17) is 5.73 Å². The van der Waals surface area contributed by atoms with Crippen LogP contribution >= 0.6 is 0 Å². The zero-order valence-electron chi connectivity index (χ0n) is 9.12.